The Morgan fingerprint density at radius 3 is 2.50 bits per heavy atom. The van der Waals surface area contributed by atoms with Crippen molar-refractivity contribution in [3.63, 3.8) is 0 Å². The second-order valence-electron chi connectivity index (χ2n) is 10.2. The third kappa shape index (κ3) is 5.00. The zero-order valence-corrected chi connectivity index (χ0v) is 22.0. The van der Waals surface area contributed by atoms with E-state index in [4.69, 9.17) is 14.4 Å². The largest absolute Gasteiger partial charge is 0.423 e. The van der Waals surface area contributed by atoms with Crippen LogP contribution in [0.25, 0.3) is 21.9 Å². The zero-order chi connectivity index (χ0) is 25.4. The van der Waals surface area contributed by atoms with Crippen LogP contribution in [0.3, 0.4) is 0 Å². The molecule has 5 rings (SSSR count). The van der Waals surface area contributed by atoms with E-state index in [-0.39, 0.29) is 11.0 Å². The molecule has 0 saturated carbocycles. The van der Waals surface area contributed by atoms with Crippen LogP contribution in [-0.4, -0.2) is 9.97 Å². The summed E-state index contributed by atoms with van der Waals surface area (Å²) >= 11 is 1.51. The molecule has 36 heavy (non-hydrogen) atoms. The minimum atomic E-state index is -0.349. The van der Waals surface area contributed by atoms with E-state index in [0.29, 0.717) is 16.5 Å². The molecule has 0 aliphatic heterocycles. The van der Waals surface area contributed by atoms with Crippen molar-refractivity contribution >= 4 is 45.1 Å². The van der Waals surface area contributed by atoms with Gasteiger partial charge in [0, 0.05) is 28.3 Å². The molecule has 0 fully saturated rings. The Labute approximate surface area is 215 Å². The Bertz CT molecular complexity index is 1650. The highest BCUT2D eigenvalue weighted by molar-refractivity contribution is 7.98. The number of anilines is 2. The SMILES string of the molecule is Cc1ccc(Nc2nc(SCc3cc(=O)oc4ccc(C(C)(C)C)cc34)nc3ccccc23)c(C)c1. The number of benzene rings is 3. The Hall–Kier alpha value is -3.64. The number of aryl methyl sites for hydroxylation is 2. The molecule has 0 atom stereocenters. The maximum Gasteiger partial charge on any atom is 0.336 e. The van der Waals surface area contributed by atoms with Crippen molar-refractivity contribution in [1.29, 1.82) is 0 Å². The van der Waals surface area contributed by atoms with Gasteiger partial charge >= 0.3 is 5.63 Å². The summed E-state index contributed by atoms with van der Waals surface area (Å²) in [5.74, 6) is 1.32. The topological polar surface area (TPSA) is 68.0 Å². The molecule has 6 heteroatoms. The van der Waals surface area contributed by atoms with Crippen LogP contribution in [0.2, 0.25) is 0 Å². The normalized spacial score (nSPS) is 11.8. The first-order valence-corrected chi connectivity index (χ1v) is 13.0. The fraction of sp³-hybridized carbons (Fsp3) is 0.233. The van der Waals surface area contributed by atoms with Gasteiger partial charge in [-0.3, -0.25) is 0 Å². The van der Waals surface area contributed by atoms with Crippen molar-refractivity contribution in [2.75, 3.05) is 5.32 Å². The van der Waals surface area contributed by atoms with Crippen LogP contribution in [0.1, 0.15) is 43.0 Å². The van der Waals surface area contributed by atoms with E-state index in [1.807, 2.05) is 36.4 Å². The molecule has 0 amide bonds. The maximum atomic E-state index is 12.3. The van der Waals surface area contributed by atoms with Crippen LogP contribution < -0.4 is 10.9 Å². The molecule has 5 aromatic rings. The molecule has 0 bridgehead atoms. The van der Waals surface area contributed by atoms with Gasteiger partial charge in [-0.1, -0.05) is 68.4 Å². The number of thioether (sulfide) groups is 1. The number of nitrogens with one attached hydrogen (secondary N) is 1. The predicted molar refractivity (Wildman–Crippen MR) is 149 cm³/mol. The Kier molecular flexibility index (Phi) is 6.31. The Balaban J connectivity index is 1.51. The summed E-state index contributed by atoms with van der Waals surface area (Å²) in [4.78, 5) is 21.9. The number of hydrogen-bond donors (Lipinski definition) is 1. The van der Waals surface area contributed by atoms with E-state index in [9.17, 15) is 4.79 Å². The van der Waals surface area contributed by atoms with E-state index in [0.717, 1.165) is 38.9 Å². The lowest BCUT2D eigenvalue weighted by Crippen LogP contribution is -2.11. The first-order valence-electron chi connectivity index (χ1n) is 12.0. The minimum Gasteiger partial charge on any atom is -0.423 e. The molecule has 0 spiro atoms. The molecule has 3 aromatic carbocycles. The second-order valence-corrected chi connectivity index (χ2v) is 11.1. The maximum absolute atomic E-state index is 12.3. The highest BCUT2D eigenvalue weighted by Crippen LogP contribution is 2.32. The smallest absolute Gasteiger partial charge is 0.336 e. The van der Waals surface area contributed by atoms with E-state index in [2.05, 4.69) is 64.2 Å². The van der Waals surface area contributed by atoms with E-state index < -0.39 is 0 Å². The van der Waals surface area contributed by atoms with Gasteiger partial charge in [-0.05, 0) is 66.3 Å². The molecule has 2 aromatic heterocycles. The molecular formula is C30H29N3O2S. The summed E-state index contributed by atoms with van der Waals surface area (Å²) in [6.45, 7) is 10.7. The third-order valence-electron chi connectivity index (χ3n) is 6.27. The molecule has 0 saturated heterocycles. The first kappa shape index (κ1) is 24.1. The summed E-state index contributed by atoms with van der Waals surface area (Å²) in [7, 11) is 0. The molecule has 2 heterocycles. The van der Waals surface area contributed by atoms with Crippen molar-refractivity contribution in [2.45, 2.75) is 50.9 Å². The zero-order valence-electron chi connectivity index (χ0n) is 21.2. The van der Waals surface area contributed by atoms with Crippen molar-refractivity contribution in [1.82, 2.24) is 9.97 Å². The number of para-hydroxylation sites is 1. The average molecular weight is 496 g/mol. The van der Waals surface area contributed by atoms with Gasteiger partial charge in [0.2, 0.25) is 0 Å². The monoisotopic (exact) mass is 495 g/mol. The van der Waals surface area contributed by atoms with Gasteiger partial charge in [-0.15, -0.1) is 0 Å². The number of nitrogens with zero attached hydrogens (tertiary/aromatic N) is 2. The van der Waals surface area contributed by atoms with Gasteiger partial charge < -0.3 is 9.73 Å². The molecule has 0 aliphatic carbocycles. The molecule has 5 nitrogen and oxygen atoms in total. The van der Waals surface area contributed by atoms with Crippen LogP contribution in [0, 0.1) is 13.8 Å². The van der Waals surface area contributed by atoms with Crippen molar-refractivity contribution in [3.8, 4) is 0 Å². The van der Waals surface area contributed by atoms with Crippen LogP contribution in [0.15, 0.2) is 81.1 Å². The summed E-state index contributed by atoms with van der Waals surface area (Å²) in [6, 6.07) is 21.9. The van der Waals surface area contributed by atoms with Gasteiger partial charge in [-0.25, -0.2) is 14.8 Å². The van der Waals surface area contributed by atoms with Gasteiger partial charge in [0.1, 0.15) is 11.4 Å². The van der Waals surface area contributed by atoms with E-state index in [1.165, 1.54) is 22.9 Å². The van der Waals surface area contributed by atoms with E-state index >= 15 is 0 Å². The third-order valence-corrected chi connectivity index (χ3v) is 7.16. The summed E-state index contributed by atoms with van der Waals surface area (Å²) in [5, 5.41) is 6.07. The summed E-state index contributed by atoms with van der Waals surface area (Å²) < 4.78 is 5.48. The predicted octanol–water partition coefficient (Wildman–Crippen LogP) is 7.69. The molecule has 0 aliphatic rings. The van der Waals surface area contributed by atoms with Crippen LogP contribution in [-0.2, 0) is 11.2 Å². The Morgan fingerprint density at radius 1 is 0.917 bits per heavy atom. The number of rotatable bonds is 5. The average Bonchev–Trinajstić information content (AvgIpc) is 2.83. The van der Waals surface area contributed by atoms with Crippen molar-refractivity contribution < 1.29 is 4.42 Å². The lowest BCUT2D eigenvalue weighted by atomic mass is 9.86. The highest BCUT2D eigenvalue weighted by Gasteiger charge is 2.17. The lowest BCUT2D eigenvalue weighted by Gasteiger charge is -2.19. The summed E-state index contributed by atoms with van der Waals surface area (Å²) in [6.07, 6.45) is 0. The van der Waals surface area contributed by atoms with Crippen LogP contribution in [0.4, 0.5) is 11.5 Å². The molecule has 1 N–H and O–H groups in total. The summed E-state index contributed by atoms with van der Waals surface area (Å²) in [5.41, 5.74) is 6.61. The van der Waals surface area contributed by atoms with Crippen LogP contribution >= 0.6 is 11.8 Å². The Morgan fingerprint density at radius 2 is 1.72 bits per heavy atom. The van der Waals surface area contributed by atoms with Crippen LogP contribution in [0.5, 0.6) is 0 Å². The number of fused-ring (bicyclic) bond motifs is 2. The van der Waals surface area contributed by atoms with Gasteiger partial charge in [0.05, 0.1) is 5.52 Å². The first-order chi connectivity index (χ1) is 17.2. The quantitative estimate of drug-likeness (QED) is 0.153. The molecule has 0 unspecified atom stereocenters. The van der Waals surface area contributed by atoms with Gasteiger partial charge in [-0.2, -0.15) is 0 Å². The number of hydrogen-bond acceptors (Lipinski definition) is 6. The minimum absolute atomic E-state index is 0.00905. The lowest BCUT2D eigenvalue weighted by molar-refractivity contribution is 0.557. The van der Waals surface area contributed by atoms with Gasteiger partial charge in [0.25, 0.3) is 0 Å². The molecular weight excluding hydrogens is 466 g/mol. The standard InChI is InChI=1S/C30H29N3O2S/c1-18-10-12-24(19(2)14-18)31-28-22-8-6-7-9-25(22)32-29(33-28)36-17-20-15-27(34)35-26-13-11-21(16-23(20)26)30(3,4)5/h6-16H,17H2,1-5H3,(H,31,32,33). The molecule has 182 valence electrons. The van der Waals surface area contributed by atoms with Crippen molar-refractivity contribution in [3.05, 3.63) is 99.4 Å². The number of aromatic nitrogens is 2. The highest BCUT2D eigenvalue weighted by atomic mass is 32.2. The fourth-order valence-corrected chi connectivity index (χ4v) is 5.09. The van der Waals surface area contributed by atoms with Crippen molar-refractivity contribution in [2.24, 2.45) is 0 Å². The fourth-order valence-electron chi connectivity index (χ4n) is 4.25. The second kappa shape index (κ2) is 9.43. The molecule has 0 radical (unpaired) electrons. The van der Waals surface area contributed by atoms with Gasteiger partial charge in [0.15, 0.2) is 5.16 Å². The van der Waals surface area contributed by atoms with E-state index in [1.54, 1.807) is 6.07 Å².